The molecule has 6 nitrogen and oxygen atoms in total. The van der Waals surface area contributed by atoms with E-state index in [1.54, 1.807) is 38.1 Å². The second-order valence-corrected chi connectivity index (χ2v) is 7.12. The van der Waals surface area contributed by atoms with Gasteiger partial charge >= 0.3 is 0 Å². The smallest absolute Gasteiger partial charge is 0.232 e. The van der Waals surface area contributed by atoms with Gasteiger partial charge in [-0.15, -0.1) is 0 Å². The first-order valence-corrected chi connectivity index (χ1v) is 7.93. The van der Waals surface area contributed by atoms with E-state index in [9.17, 15) is 13.2 Å². The highest BCUT2D eigenvalue weighted by Crippen LogP contribution is 2.17. The third kappa shape index (κ3) is 4.82. The van der Waals surface area contributed by atoms with E-state index in [0.717, 1.165) is 4.31 Å². The number of carbonyl (C=O) groups excluding carboxylic acids is 1. The molecule has 1 amide bonds. The number of amides is 1. The van der Waals surface area contributed by atoms with Crippen molar-refractivity contribution in [3.8, 4) is 0 Å². The fourth-order valence-corrected chi connectivity index (χ4v) is 3.53. The van der Waals surface area contributed by atoms with Gasteiger partial charge in [-0.05, 0) is 17.5 Å². The van der Waals surface area contributed by atoms with Gasteiger partial charge in [-0.2, -0.15) is 4.31 Å². The number of carbonyl (C=O) groups is 1. The maximum Gasteiger partial charge on any atom is 0.232 e. The fraction of sp³-hybridized carbons (Fsp3) is 0.462. The zero-order chi connectivity index (χ0) is 15.3. The Kier molecular flexibility index (Phi) is 5.52. The van der Waals surface area contributed by atoms with Crippen molar-refractivity contribution in [2.75, 3.05) is 18.0 Å². The summed E-state index contributed by atoms with van der Waals surface area (Å²) in [6.07, 6.45) is 0. The molecule has 0 atom stereocenters. The second-order valence-electron chi connectivity index (χ2n) is 5.11. The lowest BCUT2D eigenvalue weighted by Crippen LogP contribution is -2.40. The Labute approximate surface area is 119 Å². The van der Waals surface area contributed by atoms with Crippen molar-refractivity contribution >= 4 is 21.6 Å². The molecule has 1 aromatic carbocycles. The van der Waals surface area contributed by atoms with Gasteiger partial charge in [-0.25, -0.2) is 8.42 Å². The number of nitrogens with zero attached hydrogens (tertiary/aromatic N) is 1. The molecule has 7 heteroatoms. The van der Waals surface area contributed by atoms with Crippen LogP contribution < -0.4 is 11.5 Å². The highest BCUT2D eigenvalue weighted by atomic mass is 32.2. The monoisotopic (exact) mass is 299 g/mol. The molecule has 112 valence electrons. The number of hydrogen-bond acceptors (Lipinski definition) is 4. The average molecular weight is 299 g/mol. The normalized spacial score (nSPS) is 12.0. The molecule has 0 aliphatic heterocycles. The minimum Gasteiger partial charge on any atom is -0.398 e. The number of nitrogens with two attached hydrogens (primary N) is 2. The summed E-state index contributed by atoms with van der Waals surface area (Å²) < 4.78 is 25.6. The molecule has 1 aromatic rings. The van der Waals surface area contributed by atoms with Crippen molar-refractivity contribution in [1.82, 2.24) is 4.31 Å². The maximum absolute atomic E-state index is 12.3. The molecule has 0 saturated heterocycles. The minimum atomic E-state index is -3.55. The lowest BCUT2D eigenvalue weighted by atomic mass is 10.2. The van der Waals surface area contributed by atoms with Gasteiger partial charge in [0, 0.05) is 12.2 Å². The summed E-state index contributed by atoms with van der Waals surface area (Å²) in [6, 6.07) is 6.95. The number of para-hydroxylation sites is 1. The first-order valence-electron chi connectivity index (χ1n) is 6.32. The Morgan fingerprint density at radius 1 is 1.30 bits per heavy atom. The van der Waals surface area contributed by atoms with Crippen LogP contribution in [0, 0.1) is 5.92 Å². The van der Waals surface area contributed by atoms with E-state index in [4.69, 9.17) is 11.5 Å². The zero-order valence-electron chi connectivity index (χ0n) is 11.7. The Balaban J connectivity index is 3.02. The van der Waals surface area contributed by atoms with Crippen LogP contribution in [-0.2, 0) is 21.4 Å². The molecule has 0 aromatic heterocycles. The number of sulfonamides is 1. The summed E-state index contributed by atoms with van der Waals surface area (Å²) in [4.78, 5) is 11.1. The lowest BCUT2D eigenvalue weighted by Gasteiger charge is -2.22. The van der Waals surface area contributed by atoms with E-state index in [1.165, 1.54) is 0 Å². The summed E-state index contributed by atoms with van der Waals surface area (Å²) >= 11 is 0. The second kappa shape index (κ2) is 6.71. The first kappa shape index (κ1) is 16.5. The molecule has 1 rings (SSSR count). The number of hydrogen-bond donors (Lipinski definition) is 2. The van der Waals surface area contributed by atoms with E-state index in [-0.39, 0.29) is 24.8 Å². The Bertz CT molecular complexity index is 570. The number of benzene rings is 1. The van der Waals surface area contributed by atoms with Gasteiger partial charge in [0.15, 0.2) is 0 Å². The molecule has 0 spiro atoms. The summed E-state index contributed by atoms with van der Waals surface area (Å²) in [5.74, 6) is -0.761. The van der Waals surface area contributed by atoms with Gasteiger partial charge in [0.1, 0.15) is 0 Å². The zero-order valence-corrected chi connectivity index (χ0v) is 12.6. The molecular formula is C13H21N3O3S. The molecule has 0 aliphatic carbocycles. The summed E-state index contributed by atoms with van der Waals surface area (Å²) in [7, 11) is -3.55. The summed E-state index contributed by atoms with van der Waals surface area (Å²) in [5.41, 5.74) is 12.1. The Morgan fingerprint density at radius 2 is 1.90 bits per heavy atom. The Morgan fingerprint density at radius 3 is 2.40 bits per heavy atom. The number of nitrogen functional groups attached to an aromatic ring is 1. The molecule has 0 aliphatic rings. The topological polar surface area (TPSA) is 106 Å². The molecule has 0 saturated carbocycles. The predicted octanol–water partition coefficient (Wildman–Crippen LogP) is 0.542. The van der Waals surface area contributed by atoms with Crippen molar-refractivity contribution in [3.63, 3.8) is 0 Å². The van der Waals surface area contributed by atoms with Gasteiger partial charge in [0.2, 0.25) is 15.9 Å². The SMILES string of the molecule is CC(C)CS(=O)(=O)N(CC(N)=O)Cc1ccccc1N. The van der Waals surface area contributed by atoms with Crippen LogP contribution in [-0.4, -0.2) is 30.9 Å². The molecule has 0 heterocycles. The molecule has 4 N–H and O–H groups in total. The van der Waals surface area contributed by atoms with Gasteiger partial charge < -0.3 is 11.5 Å². The minimum absolute atomic E-state index is 0.0347. The maximum atomic E-state index is 12.3. The van der Waals surface area contributed by atoms with E-state index in [2.05, 4.69) is 0 Å². The fourth-order valence-electron chi connectivity index (χ4n) is 1.82. The molecule has 0 fully saturated rings. The van der Waals surface area contributed by atoms with Crippen LogP contribution in [0.2, 0.25) is 0 Å². The predicted molar refractivity (Wildman–Crippen MR) is 79.1 cm³/mol. The molecule has 0 radical (unpaired) electrons. The van der Waals surface area contributed by atoms with Crippen LogP contribution in [0.3, 0.4) is 0 Å². The van der Waals surface area contributed by atoms with E-state index < -0.39 is 15.9 Å². The molecular weight excluding hydrogens is 278 g/mol. The first-order chi connectivity index (χ1) is 9.22. The van der Waals surface area contributed by atoms with Crippen LogP contribution >= 0.6 is 0 Å². The third-order valence-corrected chi connectivity index (χ3v) is 4.80. The van der Waals surface area contributed by atoms with Gasteiger partial charge in [-0.1, -0.05) is 32.0 Å². The van der Waals surface area contributed by atoms with E-state index in [0.29, 0.717) is 11.3 Å². The van der Waals surface area contributed by atoms with Crippen LogP contribution in [0.5, 0.6) is 0 Å². The van der Waals surface area contributed by atoms with E-state index in [1.807, 2.05) is 0 Å². The van der Waals surface area contributed by atoms with Gasteiger partial charge in [-0.3, -0.25) is 4.79 Å². The highest BCUT2D eigenvalue weighted by Gasteiger charge is 2.25. The summed E-state index contributed by atoms with van der Waals surface area (Å²) in [6.45, 7) is 3.31. The van der Waals surface area contributed by atoms with Crippen molar-refractivity contribution in [2.45, 2.75) is 20.4 Å². The third-order valence-electron chi connectivity index (χ3n) is 2.67. The van der Waals surface area contributed by atoms with Crippen LogP contribution in [0.1, 0.15) is 19.4 Å². The molecule has 20 heavy (non-hydrogen) atoms. The van der Waals surface area contributed by atoms with Crippen LogP contribution in [0.25, 0.3) is 0 Å². The highest BCUT2D eigenvalue weighted by molar-refractivity contribution is 7.89. The standard InChI is InChI=1S/C13H21N3O3S/c1-10(2)9-20(18,19)16(8-13(15)17)7-11-5-3-4-6-12(11)14/h3-6,10H,7-9,14H2,1-2H3,(H2,15,17). The molecule has 0 bridgehead atoms. The Hall–Kier alpha value is -1.60. The van der Waals surface area contributed by atoms with Crippen molar-refractivity contribution in [3.05, 3.63) is 29.8 Å². The van der Waals surface area contributed by atoms with Crippen molar-refractivity contribution in [2.24, 2.45) is 11.7 Å². The number of rotatable bonds is 7. The lowest BCUT2D eigenvalue weighted by molar-refractivity contribution is -0.118. The van der Waals surface area contributed by atoms with Gasteiger partial charge in [0.25, 0.3) is 0 Å². The van der Waals surface area contributed by atoms with Crippen LogP contribution in [0.15, 0.2) is 24.3 Å². The van der Waals surface area contributed by atoms with Gasteiger partial charge in [0.05, 0.1) is 12.3 Å². The quantitative estimate of drug-likeness (QED) is 0.717. The average Bonchev–Trinajstić information content (AvgIpc) is 2.28. The largest absolute Gasteiger partial charge is 0.398 e. The van der Waals surface area contributed by atoms with Crippen LogP contribution in [0.4, 0.5) is 5.69 Å². The molecule has 0 unspecified atom stereocenters. The number of anilines is 1. The number of primary amides is 1. The van der Waals surface area contributed by atoms with Crippen molar-refractivity contribution < 1.29 is 13.2 Å². The van der Waals surface area contributed by atoms with Crippen molar-refractivity contribution in [1.29, 1.82) is 0 Å². The van der Waals surface area contributed by atoms with E-state index >= 15 is 0 Å². The summed E-state index contributed by atoms with van der Waals surface area (Å²) in [5, 5.41) is 0.